The fourth-order valence-corrected chi connectivity index (χ4v) is 3.84. The largest absolute Gasteiger partial charge is 0.301 e. The van der Waals surface area contributed by atoms with Gasteiger partial charge in [-0.05, 0) is 50.0 Å². The number of nitrogens with one attached hydrogen (secondary N) is 1. The van der Waals surface area contributed by atoms with E-state index in [4.69, 9.17) is 0 Å². The first kappa shape index (κ1) is 11.9. The van der Waals surface area contributed by atoms with Crippen LogP contribution in [0.2, 0.25) is 0 Å². The van der Waals surface area contributed by atoms with Crippen molar-refractivity contribution >= 4 is 0 Å². The second-order valence-electron chi connectivity index (χ2n) is 6.86. The van der Waals surface area contributed by atoms with Gasteiger partial charge in [0.15, 0.2) is 0 Å². The van der Waals surface area contributed by atoms with Gasteiger partial charge in [-0.15, -0.1) is 0 Å². The maximum Gasteiger partial charge on any atom is 0.0489 e. The Hall–Kier alpha value is -0.860. The average Bonchev–Trinajstić information content (AvgIpc) is 3.30. The molecule has 3 atom stereocenters. The SMILES string of the molecule is c1ccc(CC2CCC3(C2)CN3CNC2CC2)cc1. The molecule has 2 nitrogen and oxygen atoms in total. The summed E-state index contributed by atoms with van der Waals surface area (Å²) in [6, 6.07) is 11.9. The predicted molar refractivity (Wildman–Crippen MR) is 77.9 cm³/mol. The minimum absolute atomic E-state index is 0.599. The Labute approximate surface area is 116 Å². The Morgan fingerprint density at radius 1 is 1.16 bits per heavy atom. The lowest BCUT2D eigenvalue weighted by Gasteiger charge is -2.13. The maximum atomic E-state index is 3.66. The summed E-state index contributed by atoms with van der Waals surface area (Å²) in [7, 11) is 0. The van der Waals surface area contributed by atoms with Crippen molar-refractivity contribution in [1.29, 1.82) is 0 Å². The van der Waals surface area contributed by atoms with Gasteiger partial charge in [-0.1, -0.05) is 30.3 Å². The van der Waals surface area contributed by atoms with Crippen molar-refractivity contribution < 1.29 is 0 Å². The molecular weight excluding hydrogens is 232 g/mol. The summed E-state index contributed by atoms with van der Waals surface area (Å²) in [5, 5.41) is 3.66. The Kier molecular flexibility index (Phi) is 2.89. The predicted octanol–water partition coefficient (Wildman–Crippen LogP) is 2.79. The van der Waals surface area contributed by atoms with E-state index in [9.17, 15) is 0 Å². The molecule has 3 unspecified atom stereocenters. The van der Waals surface area contributed by atoms with E-state index in [2.05, 4.69) is 40.5 Å². The summed E-state index contributed by atoms with van der Waals surface area (Å²) in [5.41, 5.74) is 2.12. The third-order valence-corrected chi connectivity index (χ3v) is 5.25. The fraction of sp³-hybridized carbons (Fsp3) is 0.647. The van der Waals surface area contributed by atoms with Crippen LogP contribution in [0.3, 0.4) is 0 Å². The Balaban J connectivity index is 1.29. The highest BCUT2D eigenvalue weighted by Gasteiger charge is 2.55. The van der Waals surface area contributed by atoms with E-state index in [1.807, 2.05) is 0 Å². The van der Waals surface area contributed by atoms with Gasteiger partial charge >= 0.3 is 0 Å². The van der Waals surface area contributed by atoms with Crippen LogP contribution in [0.25, 0.3) is 0 Å². The molecule has 1 N–H and O–H groups in total. The first-order chi connectivity index (χ1) is 9.34. The van der Waals surface area contributed by atoms with Crippen LogP contribution in [0, 0.1) is 5.92 Å². The van der Waals surface area contributed by atoms with E-state index >= 15 is 0 Å². The Morgan fingerprint density at radius 2 is 2.00 bits per heavy atom. The topological polar surface area (TPSA) is 15.0 Å². The normalized spacial score (nSPS) is 36.8. The number of nitrogens with zero attached hydrogens (tertiary/aromatic N) is 1. The molecule has 0 radical (unpaired) electrons. The second-order valence-corrected chi connectivity index (χ2v) is 6.86. The summed E-state index contributed by atoms with van der Waals surface area (Å²) in [6.07, 6.45) is 8.36. The first-order valence-electron chi connectivity index (χ1n) is 7.86. The van der Waals surface area contributed by atoms with E-state index in [1.165, 1.54) is 50.6 Å². The molecule has 2 aliphatic carbocycles. The summed E-state index contributed by atoms with van der Waals surface area (Å²) in [4.78, 5) is 2.68. The van der Waals surface area contributed by atoms with Crippen LogP contribution in [-0.4, -0.2) is 29.7 Å². The van der Waals surface area contributed by atoms with Gasteiger partial charge in [-0.2, -0.15) is 0 Å². The van der Waals surface area contributed by atoms with Crippen LogP contribution >= 0.6 is 0 Å². The molecule has 0 bridgehead atoms. The van der Waals surface area contributed by atoms with Crippen molar-refractivity contribution in [2.75, 3.05) is 13.2 Å². The number of hydrogen-bond acceptors (Lipinski definition) is 2. The second kappa shape index (κ2) is 4.60. The van der Waals surface area contributed by atoms with Gasteiger partial charge in [-0.25, -0.2) is 0 Å². The molecule has 2 saturated carbocycles. The van der Waals surface area contributed by atoms with Crippen molar-refractivity contribution in [3.63, 3.8) is 0 Å². The standard InChI is InChI=1S/C17H24N2/c1-2-4-14(5-3-1)10-15-8-9-17(11-15)12-19(17)13-18-16-6-7-16/h1-5,15-16,18H,6-13H2. The summed E-state index contributed by atoms with van der Waals surface area (Å²) in [6.45, 7) is 2.49. The third-order valence-electron chi connectivity index (χ3n) is 5.25. The molecule has 0 aromatic heterocycles. The molecule has 2 heteroatoms. The highest BCUT2D eigenvalue weighted by Crippen LogP contribution is 2.49. The van der Waals surface area contributed by atoms with Gasteiger partial charge in [0.1, 0.15) is 0 Å². The molecule has 3 fully saturated rings. The number of rotatable bonds is 5. The summed E-state index contributed by atoms with van der Waals surface area (Å²) < 4.78 is 0. The number of benzene rings is 1. The van der Waals surface area contributed by atoms with Crippen molar-refractivity contribution in [2.45, 2.75) is 50.1 Å². The van der Waals surface area contributed by atoms with E-state index in [1.54, 1.807) is 0 Å². The van der Waals surface area contributed by atoms with Gasteiger partial charge in [0, 0.05) is 24.8 Å². The maximum absolute atomic E-state index is 3.66. The molecule has 19 heavy (non-hydrogen) atoms. The summed E-state index contributed by atoms with van der Waals surface area (Å²) >= 11 is 0. The Bertz CT molecular complexity index is 440. The van der Waals surface area contributed by atoms with Crippen LogP contribution in [0.1, 0.15) is 37.7 Å². The van der Waals surface area contributed by atoms with Gasteiger partial charge < -0.3 is 5.32 Å². The molecule has 1 saturated heterocycles. The van der Waals surface area contributed by atoms with E-state index < -0.39 is 0 Å². The fourth-order valence-electron chi connectivity index (χ4n) is 3.84. The highest BCUT2D eigenvalue weighted by atomic mass is 15.4. The molecule has 102 valence electrons. The zero-order valence-electron chi connectivity index (χ0n) is 11.6. The van der Waals surface area contributed by atoms with Gasteiger partial charge in [-0.3, -0.25) is 4.90 Å². The minimum atomic E-state index is 0.599. The van der Waals surface area contributed by atoms with Gasteiger partial charge in [0.2, 0.25) is 0 Å². The Morgan fingerprint density at radius 3 is 2.79 bits per heavy atom. The smallest absolute Gasteiger partial charge is 0.0489 e. The highest BCUT2D eigenvalue weighted by molar-refractivity contribution is 5.18. The quantitative estimate of drug-likeness (QED) is 0.815. The first-order valence-corrected chi connectivity index (χ1v) is 7.86. The zero-order chi connectivity index (χ0) is 12.7. The van der Waals surface area contributed by atoms with Crippen LogP contribution in [0.4, 0.5) is 0 Å². The van der Waals surface area contributed by atoms with E-state index in [0.717, 1.165) is 18.6 Å². The number of hydrogen-bond donors (Lipinski definition) is 1. The third kappa shape index (κ3) is 2.56. The van der Waals surface area contributed by atoms with Crippen LogP contribution in [0.5, 0.6) is 0 Å². The lowest BCUT2D eigenvalue weighted by molar-refractivity contribution is 0.365. The monoisotopic (exact) mass is 256 g/mol. The van der Waals surface area contributed by atoms with Crippen LogP contribution < -0.4 is 5.32 Å². The van der Waals surface area contributed by atoms with Crippen LogP contribution in [-0.2, 0) is 6.42 Å². The molecule has 1 aliphatic heterocycles. The molecule has 3 aliphatic rings. The molecule has 1 spiro atoms. The molecule has 1 aromatic carbocycles. The zero-order valence-corrected chi connectivity index (χ0v) is 11.6. The van der Waals surface area contributed by atoms with Crippen molar-refractivity contribution in [2.24, 2.45) is 5.92 Å². The van der Waals surface area contributed by atoms with Crippen LogP contribution in [0.15, 0.2) is 30.3 Å². The summed E-state index contributed by atoms with van der Waals surface area (Å²) in [5.74, 6) is 0.910. The van der Waals surface area contributed by atoms with Crippen molar-refractivity contribution in [1.82, 2.24) is 10.2 Å². The molecule has 0 amide bonds. The van der Waals surface area contributed by atoms with E-state index in [0.29, 0.717) is 5.54 Å². The molecule has 1 heterocycles. The molecule has 4 rings (SSSR count). The van der Waals surface area contributed by atoms with E-state index in [-0.39, 0.29) is 0 Å². The van der Waals surface area contributed by atoms with Gasteiger partial charge in [0.25, 0.3) is 0 Å². The van der Waals surface area contributed by atoms with Crippen molar-refractivity contribution in [3.8, 4) is 0 Å². The van der Waals surface area contributed by atoms with Crippen molar-refractivity contribution in [3.05, 3.63) is 35.9 Å². The molecule has 1 aromatic rings. The molecular formula is C17H24N2. The minimum Gasteiger partial charge on any atom is -0.301 e. The lowest BCUT2D eigenvalue weighted by atomic mass is 9.97. The average molecular weight is 256 g/mol. The lowest BCUT2D eigenvalue weighted by Crippen LogP contribution is -2.28. The van der Waals surface area contributed by atoms with Gasteiger partial charge in [0.05, 0.1) is 0 Å².